The fourth-order valence-electron chi connectivity index (χ4n) is 2.54. The molecule has 1 N–H and O–H groups in total. The van der Waals surface area contributed by atoms with Gasteiger partial charge in [-0.3, -0.25) is 4.79 Å². The van der Waals surface area contributed by atoms with E-state index in [2.05, 4.69) is 5.32 Å². The first-order chi connectivity index (χ1) is 12.8. The molecule has 2 unspecified atom stereocenters. The average Bonchev–Trinajstić information content (AvgIpc) is 2.62. The number of cyclic esters (lactones) is 1. The van der Waals surface area contributed by atoms with Crippen LogP contribution in [0.1, 0.15) is 15.9 Å². The lowest BCUT2D eigenvalue weighted by Crippen LogP contribution is -2.38. The van der Waals surface area contributed by atoms with Crippen LogP contribution in [0.5, 0.6) is 0 Å². The molecule has 142 valence electrons. The van der Waals surface area contributed by atoms with Crippen LogP contribution in [0.4, 0.5) is 18.9 Å². The van der Waals surface area contributed by atoms with Crippen LogP contribution in [0.25, 0.3) is 0 Å². The van der Waals surface area contributed by atoms with Crippen molar-refractivity contribution in [1.82, 2.24) is 0 Å². The van der Waals surface area contributed by atoms with Crippen LogP contribution in [0.3, 0.4) is 0 Å². The molecule has 0 spiro atoms. The van der Waals surface area contributed by atoms with E-state index in [-0.39, 0.29) is 17.0 Å². The van der Waals surface area contributed by atoms with Gasteiger partial charge in [-0.15, -0.1) is 11.6 Å². The largest absolute Gasteiger partial charge is 0.448 e. The first kappa shape index (κ1) is 19.6. The first-order valence-electron chi connectivity index (χ1n) is 7.82. The summed E-state index contributed by atoms with van der Waals surface area (Å²) in [6.45, 7) is 0. The molecule has 0 saturated heterocycles. The molecule has 9 heteroatoms. The summed E-state index contributed by atoms with van der Waals surface area (Å²) in [5, 5.41) is 2.53. The Balaban J connectivity index is 1.75. The Labute approximate surface area is 162 Å². The number of para-hydroxylation sites is 1. The molecule has 0 radical (unpaired) electrons. The Morgan fingerprint density at radius 1 is 1.19 bits per heavy atom. The number of halogens is 4. The summed E-state index contributed by atoms with van der Waals surface area (Å²) >= 11 is 5.75. The number of benzene rings is 2. The molecule has 0 saturated carbocycles. The number of anilines is 1. The summed E-state index contributed by atoms with van der Waals surface area (Å²) in [4.78, 5) is 24.7. The van der Waals surface area contributed by atoms with E-state index >= 15 is 0 Å². The topological polar surface area (TPSA) is 55.4 Å². The molecule has 27 heavy (non-hydrogen) atoms. The molecule has 1 heterocycles. The second kappa shape index (κ2) is 7.82. The lowest BCUT2D eigenvalue weighted by molar-refractivity contribution is -0.125. The van der Waals surface area contributed by atoms with Gasteiger partial charge in [0.15, 0.2) is 10.8 Å². The number of carbonyl (C=O) groups excluding carboxylic acids is 2. The van der Waals surface area contributed by atoms with E-state index in [4.69, 9.17) is 16.3 Å². The average molecular weight is 416 g/mol. The van der Waals surface area contributed by atoms with Gasteiger partial charge in [-0.25, -0.2) is 4.79 Å². The number of hydrogen-bond donors (Lipinski definition) is 1. The van der Waals surface area contributed by atoms with Gasteiger partial charge in [0.1, 0.15) is 0 Å². The third-order valence-corrected chi connectivity index (χ3v) is 5.42. The predicted octanol–water partition coefficient (Wildman–Crippen LogP) is 4.63. The predicted molar refractivity (Wildman–Crippen MR) is 96.0 cm³/mol. The van der Waals surface area contributed by atoms with Crippen LogP contribution in [-0.2, 0) is 16.0 Å². The Morgan fingerprint density at radius 3 is 2.59 bits per heavy atom. The van der Waals surface area contributed by atoms with Crippen molar-refractivity contribution in [3.05, 3.63) is 59.7 Å². The van der Waals surface area contributed by atoms with E-state index in [0.29, 0.717) is 22.9 Å². The summed E-state index contributed by atoms with van der Waals surface area (Å²) in [7, 11) is 0. The number of thioether (sulfide) groups is 1. The Morgan fingerprint density at radius 2 is 1.85 bits per heavy atom. The van der Waals surface area contributed by atoms with E-state index in [9.17, 15) is 22.8 Å². The Kier molecular flexibility index (Phi) is 5.67. The van der Waals surface area contributed by atoms with Crippen molar-refractivity contribution >= 4 is 40.9 Å². The van der Waals surface area contributed by atoms with Crippen LogP contribution in [0.2, 0.25) is 0 Å². The summed E-state index contributed by atoms with van der Waals surface area (Å²) in [6, 6.07) is 12.7. The Bertz CT molecular complexity index is 875. The van der Waals surface area contributed by atoms with Crippen LogP contribution >= 0.6 is 23.4 Å². The molecule has 2 aromatic rings. The lowest BCUT2D eigenvalue weighted by Gasteiger charge is -2.24. The lowest BCUT2D eigenvalue weighted by atomic mass is 9.98. The van der Waals surface area contributed by atoms with E-state index in [1.54, 1.807) is 30.3 Å². The zero-order valence-corrected chi connectivity index (χ0v) is 15.2. The highest BCUT2D eigenvalue weighted by atomic mass is 35.5. The maximum atomic E-state index is 12.7. The van der Waals surface area contributed by atoms with Crippen LogP contribution < -0.4 is 5.32 Å². The van der Waals surface area contributed by atoms with Gasteiger partial charge in [0.05, 0.1) is 11.3 Å². The van der Waals surface area contributed by atoms with Gasteiger partial charge in [-0.05, 0) is 23.8 Å². The number of amides is 1. The maximum Gasteiger partial charge on any atom is 0.414 e. The molecular formula is C18H13ClF3NO3S. The summed E-state index contributed by atoms with van der Waals surface area (Å²) in [5.41, 5.74) is 1.24. The molecule has 3 rings (SSSR count). The molecule has 0 fully saturated rings. The van der Waals surface area contributed by atoms with Crippen molar-refractivity contribution in [3.8, 4) is 0 Å². The minimum atomic E-state index is -4.59. The van der Waals surface area contributed by atoms with Gasteiger partial charge >= 0.3 is 12.1 Å². The van der Waals surface area contributed by atoms with Crippen molar-refractivity contribution in [3.63, 3.8) is 0 Å². The van der Waals surface area contributed by atoms with Gasteiger partial charge in [-0.2, -0.15) is 13.2 Å². The van der Waals surface area contributed by atoms with E-state index in [1.165, 1.54) is 18.2 Å². The van der Waals surface area contributed by atoms with Crippen molar-refractivity contribution in [2.24, 2.45) is 0 Å². The van der Waals surface area contributed by atoms with Gasteiger partial charge in [0.2, 0.25) is 0 Å². The SMILES string of the molecule is O=C1OC(C(=O)Nc2ccccc2SC(Cl)C(F)(F)F)Cc2ccccc21. The normalized spacial score (nSPS) is 17.6. The fraction of sp³-hybridized carbons (Fsp3) is 0.222. The highest BCUT2D eigenvalue weighted by molar-refractivity contribution is 8.01. The number of nitrogens with one attached hydrogen (secondary N) is 1. The van der Waals surface area contributed by atoms with Crippen molar-refractivity contribution in [2.45, 2.75) is 28.3 Å². The number of fused-ring (bicyclic) bond motifs is 1. The van der Waals surface area contributed by atoms with Crippen LogP contribution in [-0.4, -0.2) is 28.9 Å². The fourth-order valence-corrected chi connectivity index (χ4v) is 3.59. The zero-order chi connectivity index (χ0) is 19.6. The monoisotopic (exact) mass is 415 g/mol. The standard InChI is InChI=1S/C18H13ClF3NO3S/c19-17(18(20,21)22)27-14-8-4-3-7-12(14)23-15(24)13-9-10-5-1-2-6-11(10)16(25)26-13/h1-8,13,17H,9H2,(H,23,24). The molecule has 0 aromatic heterocycles. The van der Waals surface area contributed by atoms with Crippen molar-refractivity contribution in [1.29, 1.82) is 0 Å². The van der Waals surface area contributed by atoms with Gasteiger partial charge in [-0.1, -0.05) is 42.1 Å². The molecule has 0 aliphatic carbocycles. The Hall–Kier alpha value is -2.19. The second-order valence-corrected chi connectivity index (χ2v) is 7.56. The van der Waals surface area contributed by atoms with Gasteiger partial charge in [0, 0.05) is 11.3 Å². The maximum absolute atomic E-state index is 12.7. The number of hydrogen-bond acceptors (Lipinski definition) is 4. The van der Waals surface area contributed by atoms with Crippen molar-refractivity contribution in [2.75, 3.05) is 5.32 Å². The molecule has 2 atom stereocenters. The van der Waals surface area contributed by atoms with E-state index in [1.807, 2.05) is 0 Å². The van der Waals surface area contributed by atoms with Crippen LogP contribution in [0.15, 0.2) is 53.4 Å². The number of ether oxygens (including phenoxy) is 1. The van der Waals surface area contributed by atoms with Crippen LogP contribution in [0, 0.1) is 0 Å². The molecule has 1 amide bonds. The summed E-state index contributed by atoms with van der Waals surface area (Å²) < 4.78 is 41.1. The molecule has 1 aliphatic heterocycles. The van der Waals surface area contributed by atoms with Gasteiger partial charge in [0.25, 0.3) is 5.91 Å². The van der Waals surface area contributed by atoms with Crippen molar-refractivity contribution < 1.29 is 27.5 Å². The van der Waals surface area contributed by atoms with E-state index < -0.39 is 28.9 Å². The summed E-state index contributed by atoms with van der Waals surface area (Å²) in [5.74, 6) is -1.23. The number of carbonyl (C=O) groups is 2. The minimum Gasteiger partial charge on any atom is -0.448 e. The molecule has 0 bridgehead atoms. The molecule has 2 aromatic carbocycles. The highest BCUT2D eigenvalue weighted by Crippen LogP contribution is 2.40. The third kappa shape index (κ3) is 4.56. The number of rotatable bonds is 4. The summed E-state index contributed by atoms with van der Waals surface area (Å²) in [6.07, 6.45) is -5.48. The quantitative estimate of drug-likeness (QED) is 0.449. The second-order valence-electron chi connectivity index (χ2n) is 5.72. The minimum absolute atomic E-state index is 0.158. The number of alkyl halides is 4. The zero-order valence-electron chi connectivity index (χ0n) is 13.6. The smallest absolute Gasteiger partial charge is 0.414 e. The first-order valence-corrected chi connectivity index (χ1v) is 9.13. The highest BCUT2D eigenvalue weighted by Gasteiger charge is 2.39. The molecule has 1 aliphatic rings. The van der Waals surface area contributed by atoms with Gasteiger partial charge < -0.3 is 10.1 Å². The molecule has 4 nitrogen and oxygen atoms in total. The third-order valence-electron chi connectivity index (χ3n) is 3.82. The van der Waals surface area contributed by atoms with E-state index in [0.717, 1.165) is 0 Å². The number of esters is 1. The molecular weight excluding hydrogens is 403 g/mol.